The molecule has 3 aromatic rings. The van der Waals surface area contributed by atoms with Gasteiger partial charge in [0.15, 0.2) is 0 Å². The van der Waals surface area contributed by atoms with Gasteiger partial charge in [0.2, 0.25) is 5.91 Å². The van der Waals surface area contributed by atoms with Crippen LogP contribution in [0.4, 0.5) is 0 Å². The van der Waals surface area contributed by atoms with Gasteiger partial charge in [-0.05, 0) is 59.9 Å². The number of carbonyl (C=O) groups excluding carboxylic acids is 1. The molecule has 0 bridgehead atoms. The minimum atomic E-state index is -0.602. The fourth-order valence-corrected chi connectivity index (χ4v) is 5.67. The Morgan fingerprint density at radius 3 is 2.56 bits per heavy atom. The number of amides is 1. The van der Waals surface area contributed by atoms with Crippen LogP contribution in [-0.2, 0) is 11.2 Å². The summed E-state index contributed by atoms with van der Waals surface area (Å²) < 4.78 is 6.11. The van der Waals surface area contributed by atoms with Gasteiger partial charge in [-0.1, -0.05) is 48.5 Å². The van der Waals surface area contributed by atoms with Gasteiger partial charge in [0.05, 0.1) is 18.7 Å². The van der Waals surface area contributed by atoms with Crippen LogP contribution in [0.5, 0.6) is 5.75 Å². The normalized spacial score (nSPS) is 18.5. The standard InChI is InChI=1S/C28H32N2O3S/c31-26(22-7-3-1-4-8-22)18-29(17-21-11-12-21)19-28(32)30-15-13-27-24(14-16-34-27)25(30)20-33-23-9-5-2-6-10-23/h1-10,14,16,21,25-26,31H,11-13,15,17-20H2/t25-,26+/m1/s1. The lowest BCUT2D eigenvalue weighted by molar-refractivity contribution is -0.136. The van der Waals surface area contributed by atoms with Gasteiger partial charge >= 0.3 is 0 Å². The van der Waals surface area contributed by atoms with E-state index in [1.54, 1.807) is 11.3 Å². The maximum Gasteiger partial charge on any atom is 0.237 e. The second-order valence-electron chi connectivity index (χ2n) is 9.34. The van der Waals surface area contributed by atoms with Crippen molar-refractivity contribution in [2.24, 2.45) is 5.92 Å². The lowest BCUT2D eigenvalue weighted by atomic mass is 10.00. The smallest absolute Gasteiger partial charge is 0.237 e. The van der Waals surface area contributed by atoms with Gasteiger partial charge in [-0.25, -0.2) is 0 Å². The molecule has 0 radical (unpaired) electrons. The van der Waals surface area contributed by atoms with E-state index in [1.807, 2.05) is 65.6 Å². The average Bonchev–Trinajstić information content (AvgIpc) is 3.55. The molecular formula is C28H32N2O3S. The van der Waals surface area contributed by atoms with Crippen molar-refractivity contribution in [2.45, 2.75) is 31.4 Å². The predicted molar refractivity (Wildman–Crippen MR) is 135 cm³/mol. The average molecular weight is 477 g/mol. The van der Waals surface area contributed by atoms with Gasteiger partial charge in [-0.15, -0.1) is 11.3 Å². The van der Waals surface area contributed by atoms with Crippen LogP contribution in [0.25, 0.3) is 0 Å². The third kappa shape index (κ3) is 5.69. The highest BCUT2D eigenvalue weighted by Crippen LogP contribution is 2.35. The zero-order valence-electron chi connectivity index (χ0n) is 19.4. The van der Waals surface area contributed by atoms with E-state index >= 15 is 0 Å². The Balaban J connectivity index is 1.29. The number of aliphatic hydroxyl groups excluding tert-OH is 1. The molecule has 1 N–H and O–H groups in total. The molecule has 0 unspecified atom stereocenters. The number of nitrogens with zero attached hydrogens (tertiary/aromatic N) is 2. The first kappa shape index (κ1) is 23.1. The molecule has 1 fully saturated rings. The summed E-state index contributed by atoms with van der Waals surface area (Å²) in [5.74, 6) is 1.57. The Kier molecular flexibility index (Phi) is 7.28. The second-order valence-corrected chi connectivity index (χ2v) is 10.3. The SMILES string of the molecule is O=C(CN(CC1CC1)C[C@H](O)c1ccccc1)N1CCc2sccc2[C@H]1COc1ccccc1. The summed E-state index contributed by atoms with van der Waals surface area (Å²) in [6, 6.07) is 21.6. The molecule has 2 heterocycles. The predicted octanol–water partition coefficient (Wildman–Crippen LogP) is 4.70. The molecule has 1 saturated carbocycles. The summed E-state index contributed by atoms with van der Waals surface area (Å²) in [6.07, 6.45) is 2.70. The van der Waals surface area contributed by atoms with Gasteiger partial charge in [-0.2, -0.15) is 0 Å². The monoisotopic (exact) mass is 476 g/mol. The highest BCUT2D eigenvalue weighted by molar-refractivity contribution is 7.10. The van der Waals surface area contributed by atoms with Crippen molar-refractivity contribution in [3.8, 4) is 5.75 Å². The minimum Gasteiger partial charge on any atom is -0.491 e. The minimum absolute atomic E-state index is 0.0930. The lowest BCUT2D eigenvalue weighted by Gasteiger charge is -2.37. The topological polar surface area (TPSA) is 53.0 Å². The van der Waals surface area contributed by atoms with Crippen molar-refractivity contribution >= 4 is 17.2 Å². The van der Waals surface area contributed by atoms with E-state index in [2.05, 4.69) is 16.3 Å². The van der Waals surface area contributed by atoms with Crippen molar-refractivity contribution in [1.82, 2.24) is 9.80 Å². The number of carbonyl (C=O) groups is 1. The van der Waals surface area contributed by atoms with Gasteiger partial charge < -0.3 is 14.7 Å². The fourth-order valence-electron chi connectivity index (χ4n) is 4.74. The summed E-state index contributed by atoms with van der Waals surface area (Å²) in [5.41, 5.74) is 2.10. The van der Waals surface area contributed by atoms with Gasteiger partial charge in [0.1, 0.15) is 12.4 Å². The van der Waals surface area contributed by atoms with Crippen LogP contribution in [0.3, 0.4) is 0 Å². The Morgan fingerprint density at radius 2 is 1.82 bits per heavy atom. The zero-order valence-corrected chi connectivity index (χ0v) is 20.2. The molecule has 1 amide bonds. The molecule has 1 aliphatic carbocycles. The van der Waals surface area contributed by atoms with Crippen LogP contribution >= 0.6 is 11.3 Å². The van der Waals surface area contributed by atoms with E-state index in [9.17, 15) is 9.90 Å². The van der Waals surface area contributed by atoms with Crippen LogP contribution in [0.15, 0.2) is 72.1 Å². The van der Waals surface area contributed by atoms with Crippen molar-refractivity contribution in [2.75, 3.05) is 32.8 Å². The summed E-state index contributed by atoms with van der Waals surface area (Å²) in [5, 5.41) is 12.9. The molecule has 0 spiro atoms. The molecule has 2 atom stereocenters. The van der Waals surface area contributed by atoms with E-state index in [1.165, 1.54) is 23.3 Å². The molecule has 1 aliphatic heterocycles. The van der Waals surface area contributed by atoms with E-state index in [-0.39, 0.29) is 11.9 Å². The first-order valence-electron chi connectivity index (χ1n) is 12.2. The molecule has 5 rings (SSSR count). The quantitative estimate of drug-likeness (QED) is 0.461. The lowest BCUT2D eigenvalue weighted by Crippen LogP contribution is -2.47. The number of thiophene rings is 1. The van der Waals surface area contributed by atoms with E-state index in [0.29, 0.717) is 32.2 Å². The fraction of sp³-hybridized carbons (Fsp3) is 0.393. The number of fused-ring (bicyclic) bond motifs is 1. The first-order chi connectivity index (χ1) is 16.7. The molecule has 6 heteroatoms. The number of hydrogen-bond donors (Lipinski definition) is 1. The Labute approximate surface area is 205 Å². The van der Waals surface area contributed by atoms with E-state index < -0.39 is 6.10 Å². The number of ether oxygens (including phenoxy) is 1. The van der Waals surface area contributed by atoms with Gasteiger partial charge in [-0.3, -0.25) is 9.69 Å². The van der Waals surface area contributed by atoms with Gasteiger partial charge in [0, 0.05) is 24.5 Å². The largest absolute Gasteiger partial charge is 0.491 e. The number of aliphatic hydroxyl groups is 1. The van der Waals surface area contributed by atoms with Crippen molar-refractivity contribution in [1.29, 1.82) is 0 Å². The Bertz CT molecular complexity index is 1070. The van der Waals surface area contributed by atoms with Gasteiger partial charge in [0.25, 0.3) is 0 Å². The van der Waals surface area contributed by atoms with Crippen LogP contribution < -0.4 is 4.74 Å². The molecular weight excluding hydrogens is 444 g/mol. The van der Waals surface area contributed by atoms with Crippen LogP contribution in [0.2, 0.25) is 0 Å². The van der Waals surface area contributed by atoms with Crippen molar-refractivity contribution < 1.29 is 14.6 Å². The molecule has 1 aromatic heterocycles. The summed E-state index contributed by atoms with van der Waals surface area (Å²) in [4.78, 5) is 19.1. The highest BCUT2D eigenvalue weighted by atomic mass is 32.1. The third-order valence-corrected chi connectivity index (χ3v) is 7.75. The maximum absolute atomic E-state index is 13.6. The molecule has 0 saturated heterocycles. The molecule has 5 nitrogen and oxygen atoms in total. The molecule has 2 aliphatic rings. The number of rotatable bonds is 10. The summed E-state index contributed by atoms with van der Waals surface area (Å²) in [6.45, 7) is 2.79. The summed E-state index contributed by atoms with van der Waals surface area (Å²) in [7, 11) is 0. The summed E-state index contributed by atoms with van der Waals surface area (Å²) >= 11 is 1.76. The number of para-hydroxylation sites is 1. The van der Waals surface area contributed by atoms with Crippen LogP contribution in [-0.4, -0.2) is 53.6 Å². The molecule has 34 heavy (non-hydrogen) atoms. The van der Waals surface area contributed by atoms with Crippen LogP contribution in [0.1, 0.15) is 41.0 Å². The first-order valence-corrected chi connectivity index (χ1v) is 13.0. The van der Waals surface area contributed by atoms with E-state index in [4.69, 9.17) is 4.74 Å². The second kappa shape index (κ2) is 10.7. The van der Waals surface area contributed by atoms with E-state index in [0.717, 1.165) is 24.3 Å². The molecule has 2 aromatic carbocycles. The van der Waals surface area contributed by atoms with Crippen molar-refractivity contribution in [3.05, 3.63) is 88.1 Å². The van der Waals surface area contributed by atoms with Crippen LogP contribution in [0, 0.1) is 5.92 Å². The molecule has 178 valence electrons. The van der Waals surface area contributed by atoms with Crippen molar-refractivity contribution in [3.63, 3.8) is 0 Å². The number of benzene rings is 2. The Morgan fingerprint density at radius 1 is 1.09 bits per heavy atom. The number of hydrogen-bond acceptors (Lipinski definition) is 5. The highest BCUT2D eigenvalue weighted by Gasteiger charge is 2.34. The maximum atomic E-state index is 13.6. The third-order valence-electron chi connectivity index (χ3n) is 6.75. The zero-order chi connectivity index (χ0) is 23.3. The Hall–Kier alpha value is -2.67.